The molecule has 0 saturated carbocycles. The number of Topliss-reactive ketones (excluding diaryl/α,β-unsaturated/α-hetero) is 1. The van der Waals surface area contributed by atoms with E-state index in [0.717, 1.165) is 18.7 Å². The van der Waals surface area contributed by atoms with Gasteiger partial charge < -0.3 is 5.32 Å². The molecule has 0 radical (unpaired) electrons. The van der Waals surface area contributed by atoms with Crippen molar-refractivity contribution in [1.82, 2.24) is 9.55 Å². The van der Waals surface area contributed by atoms with Crippen LogP contribution in [0.1, 0.15) is 25.6 Å². The highest BCUT2D eigenvalue weighted by Gasteiger charge is 2.20. The highest BCUT2D eigenvalue weighted by Crippen LogP contribution is 2.15. The zero-order valence-corrected chi connectivity index (χ0v) is 8.78. The Morgan fingerprint density at radius 2 is 2.40 bits per heavy atom. The second kappa shape index (κ2) is 3.49. The third kappa shape index (κ3) is 1.54. The molecule has 1 aliphatic heterocycles. The predicted molar refractivity (Wildman–Crippen MR) is 56.1 cm³/mol. The van der Waals surface area contributed by atoms with Crippen LogP contribution in [0, 0.1) is 0 Å². The van der Waals surface area contributed by atoms with Crippen LogP contribution in [-0.4, -0.2) is 21.9 Å². The van der Waals surface area contributed by atoms with Crippen molar-refractivity contribution in [3.8, 4) is 0 Å². The second-order valence-electron chi connectivity index (χ2n) is 3.74. The van der Waals surface area contributed by atoms with Crippen molar-refractivity contribution in [2.24, 2.45) is 0 Å². The van der Waals surface area contributed by atoms with Gasteiger partial charge in [0.25, 0.3) is 5.56 Å². The minimum Gasteiger partial charge on any atom is -0.379 e. The first-order valence-electron chi connectivity index (χ1n) is 4.95. The summed E-state index contributed by atoms with van der Waals surface area (Å²) < 4.78 is 1.37. The van der Waals surface area contributed by atoms with Crippen LogP contribution in [-0.2, 0) is 11.2 Å². The van der Waals surface area contributed by atoms with Gasteiger partial charge in [-0.05, 0) is 13.8 Å². The monoisotopic (exact) mass is 207 g/mol. The van der Waals surface area contributed by atoms with Crippen LogP contribution in [0.4, 0.5) is 5.69 Å². The van der Waals surface area contributed by atoms with E-state index < -0.39 is 6.04 Å². The Bertz CT molecular complexity index is 464. The average Bonchev–Trinajstić information content (AvgIpc) is 2.66. The Morgan fingerprint density at radius 1 is 1.67 bits per heavy atom. The van der Waals surface area contributed by atoms with Crippen molar-refractivity contribution in [3.63, 3.8) is 0 Å². The third-order valence-electron chi connectivity index (χ3n) is 2.74. The molecule has 80 valence electrons. The smallest absolute Gasteiger partial charge is 0.277 e. The van der Waals surface area contributed by atoms with E-state index in [1.54, 1.807) is 6.92 Å². The molecule has 1 aliphatic rings. The van der Waals surface area contributed by atoms with Gasteiger partial charge in [0.2, 0.25) is 0 Å². The van der Waals surface area contributed by atoms with Gasteiger partial charge in [0.05, 0.1) is 18.1 Å². The van der Waals surface area contributed by atoms with Crippen LogP contribution >= 0.6 is 0 Å². The van der Waals surface area contributed by atoms with Crippen molar-refractivity contribution in [3.05, 3.63) is 22.4 Å². The largest absolute Gasteiger partial charge is 0.379 e. The fourth-order valence-electron chi connectivity index (χ4n) is 1.65. The molecule has 0 aliphatic carbocycles. The van der Waals surface area contributed by atoms with E-state index >= 15 is 0 Å². The van der Waals surface area contributed by atoms with Gasteiger partial charge in [-0.1, -0.05) is 0 Å². The summed E-state index contributed by atoms with van der Waals surface area (Å²) in [6, 6.07) is -0.447. The molecule has 5 nitrogen and oxygen atoms in total. The van der Waals surface area contributed by atoms with Gasteiger partial charge in [-0.2, -0.15) is 0 Å². The van der Waals surface area contributed by atoms with Gasteiger partial charge >= 0.3 is 0 Å². The summed E-state index contributed by atoms with van der Waals surface area (Å²) in [5.41, 5.74) is 1.19. The number of hydrogen-bond acceptors (Lipinski definition) is 4. The molecule has 1 N–H and O–H groups in total. The first kappa shape index (κ1) is 9.89. The average molecular weight is 207 g/mol. The summed E-state index contributed by atoms with van der Waals surface area (Å²) in [6.45, 7) is 3.92. The Hall–Kier alpha value is -1.65. The van der Waals surface area contributed by atoms with E-state index in [2.05, 4.69) is 10.3 Å². The van der Waals surface area contributed by atoms with Gasteiger partial charge in [0.15, 0.2) is 5.78 Å². The Morgan fingerprint density at radius 3 is 3.07 bits per heavy atom. The van der Waals surface area contributed by atoms with E-state index in [0.29, 0.717) is 5.69 Å². The van der Waals surface area contributed by atoms with Crippen molar-refractivity contribution in [2.75, 3.05) is 11.9 Å². The van der Waals surface area contributed by atoms with Crippen LogP contribution in [0.25, 0.3) is 0 Å². The zero-order chi connectivity index (χ0) is 11.0. The molecule has 0 bridgehead atoms. The fourth-order valence-corrected chi connectivity index (χ4v) is 1.65. The van der Waals surface area contributed by atoms with Gasteiger partial charge in [0, 0.05) is 13.0 Å². The van der Waals surface area contributed by atoms with Crippen LogP contribution in [0.2, 0.25) is 0 Å². The maximum atomic E-state index is 11.9. The number of ketones is 1. The van der Waals surface area contributed by atoms with E-state index in [4.69, 9.17) is 0 Å². The number of fused-ring (bicyclic) bond motifs is 1. The molecule has 1 unspecified atom stereocenters. The highest BCUT2D eigenvalue weighted by molar-refractivity contribution is 5.79. The van der Waals surface area contributed by atoms with Gasteiger partial charge in [-0.25, -0.2) is 4.98 Å². The van der Waals surface area contributed by atoms with Gasteiger partial charge in [0.1, 0.15) is 5.69 Å². The van der Waals surface area contributed by atoms with Gasteiger partial charge in [-0.15, -0.1) is 0 Å². The molecule has 1 aromatic rings. The summed E-state index contributed by atoms with van der Waals surface area (Å²) in [7, 11) is 0. The zero-order valence-electron chi connectivity index (χ0n) is 8.78. The number of aromatic nitrogens is 2. The SMILES string of the molecule is CC(=O)C(C)n1cnc2c(c1=O)NCC2. The number of rotatable bonds is 2. The van der Waals surface area contributed by atoms with Gasteiger partial charge in [-0.3, -0.25) is 14.2 Å². The van der Waals surface area contributed by atoms with E-state index in [1.165, 1.54) is 17.8 Å². The molecule has 0 fully saturated rings. The molecule has 15 heavy (non-hydrogen) atoms. The van der Waals surface area contributed by atoms with E-state index in [-0.39, 0.29) is 11.3 Å². The van der Waals surface area contributed by atoms with Crippen molar-refractivity contribution in [2.45, 2.75) is 26.3 Å². The maximum Gasteiger partial charge on any atom is 0.277 e. The lowest BCUT2D eigenvalue weighted by molar-refractivity contribution is -0.119. The normalized spacial score (nSPS) is 15.6. The molecule has 2 rings (SSSR count). The lowest BCUT2D eigenvalue weighted by Gasteiger charge is -2.12. The minimum absolute atomic E-state index is 0.0446. The molecule has 0 aromatic carbocycles. The molecule has 1 aromatic heterocycles. The Labute approximate surface area is 87.1 Å². The van der Waals surface area contributed by atoms with Crippen molar-refractivity contribution >= 4 is 11.5 Å². The molecular weight excluding hydrogens is 194 g/mol. The number of nitrogens with one attached hydrogen (secondary N) is 1. The minimum atomic E-state index is -0.447. The molecular formula is C10H13N3O2. The topological polar surface area (TPSA) is 64.0 Å². The number of carbonyl (C=O) groups excluding carboxylic acids is 1. The standard InChI is InChI=1S/C10H13N3O2/c1-6(7(2)14)13-5-12-8-3-4-11-9(8)10(13)15/h5-6,11H,3-4H2,1-2H3. The lowest BCUT2D eigenvalue weighted by atomic mass is 10.2. The summed E-state index contributed by atoms with van der Waals surface area (Å²) in [4.78, 5) is 27.3. The summed E-state index contributed by atoms with van der Waals surface area (Å²) >= 11 is 0. The molecule has 0 saturated heterocycles. The quantitative estimate of drug-likeness (QED) is 0.760. The first-order valence-corrected chi connectivity index (χ1v) is 4.95. The maximum absolute atomic E-state index is 11.9. The predicted octanol–water partition coefficient (Wildman–Crippen LogP) is 0.361. The molecule has 0 amide bonds. The Balaban J connectivity index is 2.52. The summed E-state index contributed by atoms with van der Waals surface area (Å²) in [6.07, 6.45) is 2.24. The number of nitrogens with zero attached hydrogens (tertiary/aromatic N) is 2. The molecule has 0 spiro atoms. The number of carbonyl (C=O) groups is 1. The van der Waals surface area contributed by atoms with Crippen LogP contribution < -0.4 is 10.9 Å². The van der Waals surface area contributed by atoms with E-state index in [1.807, 2.05) is 0 Å². The van der Waals surface area contributed by atoms with Crippen molar-refractivity contribution < 1.29 is 4.79 Å². The molecule has 1 atom stereocenters. The third-order valence-corrected chi connectivity index (χ3v) is 2.74. The summed E-state index contributed by atoms with van der Waals surface area (Å²) in [5.74, 6) is -0.0446. The second-order valence-corrected chi connectivity index (χ2v) is 3.74. The molecule has 2 heterocycles. The lowest BCUT2D eigenvalue weighted by Crippen LogP contribution is -2.28. The number of hydrogen-bond donors (Lipinski definition) is 1. The number of anilines is 1. The molecule has 5 heteroatoms. The van der Waals surface area contributed by atoms with Crippen LogP contribution in [0.15, 0.2) is 11.1 Å². The highest BCUT2D eigenvalue weighted by atomic mass is 16.1. The van der Waals surface area contributed by atoms with Crippen molar-refractivity contribution in [1.29, 1.82) is 0 Å². The van der Waals surface area contributed by atoms with E-state index in [9.17, 15) is 9.59 Å². The van der Waals surface area contributed by atoms with Crippen LogP contribution in [0.5, 0.6) is 0 Å². The fraction of sp³-hybridized carbons (Fsp3) is 0.500. The summed E-state index contributed by atoms with van der Waals surface area (Å²) in [5, 5.41) is 3.00. The first-order chi connectivity index (χ1) is 7.11. The Kier molecular flexibility index (Phi) is 2.30. The van der Waals surface area contributed by atoms with Crippen LogP contribution in [0.3, 0.4) is 0 Å².